The second-order valence-electron chi connectivity index (χ2n) is 4.66. The molecule has 1 aromatic heterocycles. The molecule has 3 N–H and O–H groups in total. The number of nitrogens with one attached hydrogen (secondary N) is 2. The van der Waals surface area contributed by atoms with E-state index in [1.165, 1.54) is 0 Å². The zero-order valence-corrected chi connectivity index (χ0v) is 11.7. The number of aliphatic hydroxyl groups excluding tert-OH is 1. The number of anilines is 1. The largest absolute Gasteiger partial charge is 0.396 e. The number of carbonyl (C=O) groups is 1. The minimum absolute atomic E-state index is 0.108. The Kier molecular flexibility index (Phi) is 5.72. The Bertz CT molecular complexity index is 546. The first kappa shape index (κ1) is 15.0. The van der Waals surface area contributed by atoms with Crippen LogP contribution in [0.5, 0.6) is 0 Å². The van der Waals surface area contributed by atoms with Crippen LogP contribution in [0.15, 0.2) is 54.9 Å². The second-order valence-corrected chi connectivity index (χ2v) is 4.66. The predicted octanol–water partition coefficient (Wildman–Crippen LogP) is 2.72. The van der Waals surface area contributed by atoms with Gasteiger partial charge in [-0.25, -0.2) is 4.79 Å². The number of urea groups is 1. The molecule has 0 saturated carbocycles. The van der Waals surface area contributed by atoms with Gasteiger partial charge in [0.25, 0.3) is 0 Å². The third-order valence-electron chi connectivity index (χ3n) is 3.10. The highest BCUT2D eigenvalue weighted by atomic mass is 16.3. The van der Waals surface area contributed by atoms with Gasteiger partial charge in [0, 0.05) is 24.7 Å². The first-order valence-corrected chi connectivity index (χ1v) is 6.93. The van der Waals surface area contributed by atoms with Crippen molar-refractivity contribution >= 4 is 11.7 Å². The van der Waals surface area contributed by atoms with Crippen LogP contribution in [0, 0.1) is 0 Å². The zero-order chi connectivity index (χ0) is 14.9. The van der Waals surface area contributed by atoms with Crippen molar-refractivity contribution < 1.29 is 9.90 Å². The summed E-state index contributed by atoms with van der Waals surface area (Å²) in [5.41, 5.74) is 1.72. The molecule has 0 aliphatic carbocycles. The SMILES string of the molecule is O=C(Nc1ccncc1)NC(CCCO)c1ccccc1. The van der Waals surface area contributed by atoms with Crippen LogP contribution in [-0.2, 0) is 0 Å². The number of hydrogen-bond acceptors (Lipinski definition) is 3. The summed E-state index contributed by atoms with van der Waals surface area (Å²) >= 11 is 0. The van der Waals surface area contributed by atoms with Crippen molar-refractivity contribution in [1.82, 2.24) is 10.3 Å². The molecule has 1 atom stereocenters. The molecule has 0 radical (unpaired) electrons. The Morgan fingerprint density at radius 1 is 1.14 bits per heavy atom. The molecule has 1 heterocycles. The van der Waals surface area contributed by atoms with Crippen LogP contribution < -0.4 is 10.6 Å². The molecule has 2 aromatic rings. The van der Waals surface area contributed by atoms with Gasteiger partial charge in [-0.05, 0) is 30.5 Å². The number of rotatable bonds is 6. The lowest BCUT2D eigenvalue weighted by Crippen LogP contribution is -2.32. The molecule has 2 rings (SSSR count). The Balaban J connectivity index is 1.99. The zero-order valence-electron chi connectivity index (χ0n) is 11.7. The van der Waals surface area contributed by atoms with E-state index in [-0.39, 0.29) is 18.7 Å². The lowest BCUT2D eigenvalue weighted by molar-refractivity contribution is 0.244. The van der Waals surface area contributed by atoms with Crippen molar-refractivity contribution in [3.63, 3.8) is 0 Å². The molecule has 0 fully saturated rings. The fraction of sp³-hybridized carbons (Fsp3) is 0.250. The van der Waals surface area contributed by atoms with E-state index in [9.17, 15) is 4.79 Å². The molecule has 0 aliphatic rings. The number of nitrogens with zero attached hydrogens (tertiary/aromatic N) is 1. The average molecular weight is 285 g/mol. The summed E-state index contributed by atoms with van der Waals surface area (Å²) in [6.45, 7) is 0.108. The van der Waals surface area contributed by atoms with Crippen LogP contribution in [0.25, 0.3) is 0 Å². The van der Waals surface area contributed by atoms with E-state index in [0.29, 0.717) is 18.5 Å². The Morgan fingerprint density at radius 2 is 1.86 bits per heavy atom. The fourth-order valence-corrected chi connectivity index (χ4v) is 2.06. The van der Waals surface area contributed by atoms with Crippen LogP contribution in [0.2, 0.25) is 0 Å². The molecule has 0 aliphatic heterocycles. The van der Waals surface area contributed by atoms with E-state index in [4.69, 9.17) is 5.11 Å². The van der Waals surface area contributed by atoms with E-state index in [0.717, 1.165) is 5.56 Å². The Labute approximate surface area is 124 Å². The molecule has 110 valence electrons. The Hall–Kier alpha value is -2.40. The molecule has 0 bridgehead atoms. The highest BCUT2D eigenvalue weighted by Crippen LogP contribution is 2.18. The summed E-state index contributed by atoms with van der Waals surface area (Å²) in [6.07, 6.45) is 4.56. The van der Waals surface area contributed by atoms with Crippen molar-refractivity contribution in [3.8, 4) is 0 Å². The van der Waals surface area contributed by atoms with Gasteiger partial charge in [0.15, 0.2) is 0 Å². The quantitative estimate of drug-likeness (QED) is 0.764. The maximum absolute atomic E-state index is 12.1. The summed E-state index contributed by atoms with van der Waals surface area (Å²) < 4.78 is 0. The van der Waals surface area contributed by atoms with Crippen molar-refractivity contribution in [2.45, 2.75) is 18.9 Å². The van der Waals surface area contributed by atoms with Crippen molar-refractivity contribution in [2.75, 3.05) is 11.9 Å². The maximum atomic E-state index is 12.1. The molecule has 0 spiro atoms. The van der Waals surface area contributed by atoms with Crippen molar-refractivity contribution in [2.24, 2.45) is 0 Å². The van der Waals surface area contributed by atoms with Gasteiger partial charge in [-0.1, -0.05) is 30.3 Å². The van der Waals surface area contributed by atoms with Crippen LogP contribution in [0.1, 0.15) is 24.4 Å². The van der Waals surface area contributed by atoms with Gasteiger partial charge >= 0.3 is 6.03 Å². The van der Waals surface area contributed by atoms with Gasteiger partial charge in [0.2, 0.25) is 0 Å². The first-order chi connectivity index (χ1) is 10.3. The smallest absolute Gasteiger partial charge is 0.319 e. The summed E-state index contributed by atoms with van der Waals surface area (Å²) in [6, 6.07) is 12.8. The standard InChI is InChI=1S/C16H19N3O2/c20-12-4-7-15(13-5-2-1-3-6-13)19-16(21)18-14-8-10-17-11-9-14/h1-3,5-6,8-11,15,20H,4,7,12H2,(H2,17,18,19,21). The van der Waals surface area contributed by atoms with E-state index in [2.05, 4.69) is 15.6 Å². The topological polar surface area (TPSA) is 74.2 Å². The minimum atomic E-state index is -0.270. The second kappa shape index (κ2) is 8.01. The van der Waals surface area contributed by atoms with E-state index in [1.807, 2.05) is 30.3 Å². The van der Waals surface area contributed by atoms with Gasteiger partial charge in [0.1, 0.15) is 0 Å². The molecule has 1 unspecified atom stereocenters. The van der Waals surface area contributed by atoms with Crippen LogP contribution in [0.4, 0.5) is 10.5 Å². The number of pyridine rings is 1. The fourth-order valence-electron chi connectivity index (χ4n) is 2.06. The van der Waals surface area contributed by atoms with E-state index in [1.54, 1.807) is 24.5 Å². The molecular formula is C16H19N3O2. The number of benzene rings is 1. The summed E-state index contributed by atoms with van der Waals surface area (Å²) in [5.74, 6) is 0. The molecule has 2 amide bonds. The molecule has 5 nitrogen and oxygen atoms in total. The summed E-state index contributed by atoms with van der Waals surface area (Å²) in [7, 11) is 0. The van der Waals surface area contributed by atoms with Crippen LogP contribution in [0.3, 0.4) is 0 Å². The van der Waals surface area contributed by atoms with Crippen molar-refractivity contribution in [3.05, 3.63) is 60.4 Å². The molecule has 1 aromatic carbocycles. The molecular weight excluding hydrogens is 266 g/mol. The predicted molar refractivity (Wildman–Crippen MR) is 81.9 cm³/mol. The van der Waals surface area contributed by atoms with Crippen molar-refractivity contribution in [1.29, 1.82) is 0 Å². The number of amides is 2. The lowest BCUT2D eigenvalue weighted by atomic mass is 10.0. The first-order valence-electron chi connectivity index (χ1n) is 6.93. The average Bonchev–Trinajstić information content (AvgIpc) is 2.53. The lowest BCUT2D eigenvalue weighted by Gasteiger charge is -2.19. The third kappa shape index (κ3) is 4.89. The van der Waals surface area contributed by atoms with Gasteiger partial charge in [-0.2, -0.15) is 0 Å². The summed E-state index contributed by atoms with van der Waals surface area (Å²) in [4.78, 5) is 16.0. The molecule has 0 saturated heterocycles. The number of hydrogen-bond donors (Lipinski definition) is 3. The normalized spacial score (nSPS) is 11.7. The highest BCUT2D eigenvalue weighted by Gasteiger charge is 2.14. The maximum Gasteiger partial charge on any atom is 0.319 e. The highest BCUT2D eigenvalue weighted by molar-refractivity contribution is 5.89. The van der Waals surface area contributed by atoms with Gasteiger partial charge in [-0.3, -0.25) is 4.98 Å². The molecule has 21 heavy (non-hydrogen) atoms. The Morgan fingerprint density at radius 3 is 2.52 bits per heavy atom. The number of aromatic nitrogens is 1. The summed E-state index contributed by atoms with van der Waals surface area (Å²) in [5, 5.41) is 14.7. The molecule has 5 heteroatoms. The monoisotopic (exact) mass is 285 g/mol. The van der Waals surface area contributed by atoms with E-state index >= 15 is 0 Å². The van der Waals surface area contributed by atoms with Gasteiger partial charge < -0.3 is 15.7 Å². The van der Waals surface area contributed by atoms with E-state index < -0.39 is 0 Å². The minimum Gasteiger partial charge on any atom is -0.396 e. The van der Waals surface area contributed by atoms with Crippen LogP contribution in [-0.4, -0.2) is 22.7 Å². The van der Waals surface area contributed by atoms with Gasteiger partial charge in [0.05, 0.1) is 6.04 Å². The number of aliphatic hydroxyl groups is 1. The van der Waals surface area contributed by atoms with Crippen LogP contribution >= 0.6 is 0 Å². The number of carbonyl (C=O) groups excluding carboxylic acids is 1. The third-order valence-corrected chi connectivity index (χ3v) is 3.10. The van der Waals surface area contributed by atoms with Gasteiger partial charge in [-0.15, -0.1) is 0 Å².